The van der Waals surface area contributed by atoms with E-state index in [0.717, 1.165) is 38.6 Å². The van der Waals surface area contributed by atoms with Gasteiger partial charge in [0.1, 0.15) is 0 Å². The van der Waals surface area contributed by atoms with Gasteiger partial charge in [-0.3, -0.25) is 14.7 Å². The summed E-state index contributed by atoms with van der Waals surface area (Å²) in [5, 5.41) is 0.518. The van der Waals surface area contributed by atoms with Gasteiger partial charge in [0.2, 0.25) is 0 Å². The molecule has 1 saturated carbocycles. The van der Waals surface area contributed by atoms with E-state index >= 15 is 0 Å². The molecule has 1 saturated heterocycles. The zero-order chi connectivity index (χ0) is 15.4. The van der Waals surface area contributed by atoms with Crippen LogP contribution >= 0.6 is 11.6 Å². The fourth-order valence-electron chi connectivity index (χ4n) is 3.66. The number of halogens is 1. The van der Waals surface area contributed by atoms with E-state index in [1.807, 2.05) is 4.90 Å². The van der Waals surface area contributed by atoms with Gasteiger partial charge in [0.05, 0.1) is 10.6 Å². The molecule has 1 aromatic rings. The molecule has 2 aliphatic rings. The number of nitrogens with zero attached hydrogens (tertiary/aromatic N) is 3. The first-order valence-corrected chi connectivity index (χ1v) is 8.76. The summed E-state index contributed by atoms with van der Waals surface area (Å²) in [5.41, 5.74) is 0.596. The summed E-state index contributed by atoms with van der Waals surface area (Å²) in [5.74, 6) is 0.0560. The van der Waals surface area contributed by atoms with E-state index in [9.17, 15) is 4.79 Å². The van der Waals surface area contributed by atoms with Crippen LogP contribution in [0.15, 0.2) is 18.5 Å². The van der Waals surface area contributed by atoms with Crippen molar-refractivity contribution >= 4 is 17.5 Å². The first-order chi connectivity index (χ1) is 10.7. The Morgan fingerprint density at radius 3 is 2.64 bits per heavy atom. The van der Waals surface area contributed by atoms with Gasteiger partial charge in [0.25, 0.3) is 5.91 Å². The van der Waals surface area contributed by atoms with Crippen molar-refractivity contribution in [1.29, 1.82) is 0 Å². The van der Waals surface area contributed by atoms with E-state index in [0.29, 0.717) is 10.6 Å². The third-order valence-corrected chi connectivity index (χ3v) is 5.07. The lowest BCUT2D eigenvalue weighted by Gasteiger charge is -2.33. The molecule has 0 atom stereocenters. The summed E-state index contributed by atoms with van der Waals surface area (Å²) >= 11 is 5.94. The molecule has 0 unspecified atom stereocenters. The van der Waals surface area contributed by atoms with E-state index in [2.05, 4.69) is 9.88 Å². The molecule has 1 aromatic heterocycles. The van der Waals surface area contributed by atoms with E-state index in [1.165, 1.54) is 32.1 Å². The van der Waals surface area contributed by atoms with Crippen LogP contribution in [0.3, 0.4) is 0 Å². The fraction of sp³-hybridized carbons (Fsp3) is 0.647. The van der Waals surface area contributed by atoms with Gasteiger partial charge in [-0.25, -0.2) is 0 Å². The molecule has 3 rings (SSSR count). The van der Waals surface area contributed by atoms with Gasteiger partial charge in [0.15, 0.2) is 0 Å². The number of hydrogen-bond donors (Lipinski definition) is 0. The van der Waals surface area contributed by atoms with Gasteiger partial charge in [-0.05, 0) is 25.3 Å². The van der Waals surface area contributed by atoms with Crippen LogP contribution in [0.5, 0.6) is 0 Å². The Kier molecular flexibility index (Phi) is 5.32. The summed E-state index contributed by atoms with van der Waals surface area (Å²) < 4.78 is 0. The number of aromatic nitrogens is 1. The molecule has 0 aromatic carbocycles. The van der Waals surface area contributed by atoms with Crippen molar-refractivity contribution in [3.63, 3.8) is 0 Å². The Labute approximate surface area is 137 Å². The zero-order valence-corrected chi connectivity index (χ0v) is 13.8. The van der Waals surface area contributed by atoms with Gasteiger partial charge in [-0.15, -0.1) is 0 Å². The maximum Gasteiger partial charge on any atom is 0.255 e. The Morgan fingerprint density at radius 2 is 1.86 bits per heavy atom. The monoisotopic (exact) mass is 321 g/mol. The molecule has 2 fully saturated rings. The molecule has 22 heavy (non-hydrogen) atoms. The van der Waals surface area contributed by atoms with Crippen molar-refractivity contribution in [3.05, 3.63) is 29.0 Å². The van der Waals surface area contributed by atoms with Crippen LogP contribution in [0.25, 0.3) is 0 Å². The van der Waals surface area contributed by atoms with E-state index in [1.54, 1.807) is 18.5 Å². The van der Waals surface area contributed by atoms with E-state index in [4.69, 9.17) is 11.6 Å². The van der Waals surface area contributed by atoms with Crippen LogP contribution in [0.4, 0.5) is 0 Å². The normalized spacial score (nSPS) is 21.6. The standard InChI is InChI=1S/C17H24ClN3O/c18-15-11-14(12-19-13-15)17(22)21-8-4-7-20(9-10-21)16-5-2-1-3-6-16/h11-13,16H,1-10H2. The second-order valence-electron chi connectivity index (χ2n) is 6.37. The highest BCUT2D eigenvalue weighted by Gasteiger charge is 2.25. The molecule has 0 radical (unpaired) electrons. The Bertz CT molecular complexity index is 516. The Morgan fingerprint density at radius 1 is 1.05 bits per heavy atom. The van der Waals surface area contributed by atoms with Gasteiger partial charge >= 0.3 is 0 Å². The first kappa shape index (κ1) is 15.8. The van der Waals surface area contributed by atoms with Crippen molar-refractivity contribution < 1.29 is 4.79 Å². The largest absolute Gasteiger partial charge is 0.337 e. The third-order valence-electron chi connectivity index (χ3n) is 4.86. The number of carbonyl (C=O) groups is 1. The average molecular weight is 322 g/mol. The highest BCUT2D eigenvalue weighted by atomic mass is 35.5. The topological polar surface area (TPSA) is 36.4 Å². The minimum atomic E-state index is 0.0560. The molecule has 0 spiro atoms. The zero-order valence-electron chi connectivity index (χ0n) is 13.0. The average Bonchev–Trinajstić information content (AvgIpc) is 2.81. The lowest BCUT2D eigenvalue weighted by Crippen LogP contribution is -2.40. The van der Waals surface area contributed by atoms with Gasteiger partial charge in [-0.1, -0.05) is 30.9 Å². The molecular weight excluding hydrogens is 298 g/mol. The van der Waals surface area contributed by atoms with E-state index in [-0.39, 0.29) is 5.91 Å². The molecule has 0 N–H and O–H groups in total. The molecule has 2 heterocycles. The third kappa shape index (κ3) is 3.79. The van der Waals surface area contributed by atoms with E-state index < -0.39 is 0 Å². The smallest absolute Gasteiger partial charge is 0.255 e. The van der Waals surface area contributed by atoms with Crippen molar-refractivity contribution in [2.45, 2.75) is 44.6 Å². The molecule has 120 valence electrons. The molecule has 1 aliphatic carbocycles. The number of rotatable bonds is 2. The Hall–Kier alpha value is -1.13. The number of hydrogen-bond acceptors (Lipinski definition) is 3. The van der Waals surface area contributed by atoms with Crippen LogP contribution in [-0.4, -0.2) is 52.9 Å². The summed E-state index contributed by atoms with van der Waals surface area (Å²) in [6.07, 6.45) is 11.0. The van der Waals surface area contributed by atoms with Crippen molar-refractivity contribution in [2.75, 3.05) is 26.2 Å². The van der Waals surface area contributed by atoms with Crippen LogP contribution in [0, 0.1) is 0 Å². The molecule has 5 heteroatoms. The van der Waals surface area contributed by atoms with Gasteiger partial charge in [0, 0.05) is 44.6 Å². The van der Waals surface area contributed by atoms with Crippen molar-refractivity contribution in [1.82, 2.24) is 14.8 Å². The quantitative estimate of drug-likeness (QED) is 0.839. The maximum atomic E-state index is 12.6. The number of carbonyl (C=O) groups excluding carboxylic acids is 1. The minimum absolute atomic E-state index is 0.0560. The number of pyridine rings is 1. The van der Waals surface area contributed by atoms with Crippen molar-refractivity contribution in [3.8, 4) is 0 Å². The van der Waals surface area contributed by atoms with Gasteiger partial charge < -0.3 is 4.90 Å². The highest BCUT2D eigenvalue weighted by Crippen LogP contribution is 2.23. The lowest BCUT2D eigenvalue weighted by molar-refractivity contribution is 0.0754. The fourth-order valence-corrected chi connectivity index (χ4v) is 3.84. The SMILES string of the molecule is O=C(c1cncc(Cl)c1)N1CCCN(C2CCCCC2)CC1. The second kappa shape index (κ2) is 7.42. The molecule has 0 bridgehead atoms. The predicted octanol–water partition coefficient (Wildman–Crippen LogP) is 3.22. The Balaban J connectivity index is 1.61. The summed E-state index contributed by atoms with van der Waals surface area (Å²) in [4.78, 5) is 21.2. The molecular formula is C17H24ClN3O. The lowest BCUT2D eigenvalue weighted by atomic mass is 9.94. The molecule has 4 nitrogen and oxygen atoms in total. The van der Waals surface area contributed by atoms with Crippen LogP contribution in [0.1, 0.15) is 48.9 Å². The van der Waals surface area contributed by atoms with Crippen LogP contribution in [0.2, 0.25) is 5.02 Å². The van der Waals surface area contributed by atoms with Crippen LogP contribution in [-0.2, 0) is 0 Å². The summed E-state index contributed by atoms with van der Waals surface area (Å²) in [7, 11) is 0. The highest BCUT2D eigenvalue weighted by molar-refractivity contribution is 6.30. The van der Waals surface area contributed by atoms with Gasteiger partial charge in [-0.2, -0.15) is 0 Å². The molecule has 1 amide bonds. The van der Waals surface area contributed by atoms with Crippen LogP contribution < -0.4 is 0 Å². The minimum Gasteiger partial charge on any atom is -0.337 e. The molecule has 1 aliphatic heterocycles. The first-order valence-electron chi connectivity index (χ1n) is 8.38. The number of amides is 1. The maximum absolute atomic E-state index is 12.6. The van der Waals surface area contributed by atoms with Crippen molar-refractivity contribution in [2.24, 2.45) is 0 Å². The summed E-state index contributed by atoms with van der Waals surface area (Å²) in [6.45, 7) is 3.74. The predicted molar refractivity (Wildman–Crippen MR) is 88.2 cm³/mol. The summed E-state index contributed by atoms with van der Waals surface area (Å²) in [6, 6.07) is 2.44. The second-order valence-corrected chi connectivity index (χ2v) is 6.80.